The van der Waals surface area contributed by atoms with Crippen LogP contribution in [0.5, 0.6) is 17.2 Å². The van der Waals surface area contributed by atoms with E-state index in [2.05, 4.69) is 10.2 Å². The second-order valence-electron chi connectivity index (χ2n) is 7.73. The van der Waals surface area contributed by atoms with E-state index in [4.69, 9.17) is 9.47 Å². The van der Waals surface area contributed by atoms with Crippen molar-refractivity contribution in [2.45, 2.75) is 26.6 Å². The summed E-state index contributed by atoms with van der Waals surface area (Å²) >= 11 is 0. The maximum atomic E-state index is 12.6. The third kappa shape index (κ3) is 2.60. The van der Waals surface area contributed by atoms with E-state index in [0.29, 0.717) is 22.7 Å². The number of ether oxygens (including phenoxy) is 2. The Bertz CT molecular complexity index is 1340. The first kappa shape index (κ1) is 17.4. The molecular formula is C21H20N4O4. The minimum atomic E-state index is -0.825. The second kappa shape index (κ2) is 5.66. The number of hydrogen-bond acceptors (Lipinski definition) is 5. The van der Waals surface area contributed by atoms with Gasteiger partial charge in [-0.15, -0.1) is 0 Å². The van der Waals surface area contributed by atoms with Crippen molar-refractivity contribution in [3.05, 3.63) is 52.6 Å². The van der Waals surface area contributed by atoms with E-state index in [1.54, 1.807) is 19.9 Å². The number of aromatic amines is 1. The van der Waals surface area contributed by atoms with Crippen LogP contribution >= 0.6 is 0 Å². The maximum absolute atomic E-state index is 12.6. The van der Waals surface area contributed by atoms with E-state index >= 15 is 0 Å². The van der Waals surface area contributed by atoms with Crippen molar-refractivity contribution in [1.29, 1.82) is 0 Å². The molecule has 0 bridgehead atoms. The molecule has 0 aliphatic carbocycles. The topological polar surface area (TPSA) is 94.3 Å². The molecule has 29 heavy (non-hydrogen) atoms. The Morgan fingerprint density at radius 1 is 1.14 bits per heavy atom. The Kier molecular flexibility index (Phi) is 3.40. The highest BCUT2D eigenvalue weighted by Gasteiger charge is 2.33. The molecule has 2 aromatic heterocycles. The fraction of sp³-hybridized carbons (Fsp3) is 0.238. The lowest BCUT2D eigenvalue weighted by Crippen LogP contribution is -2.29. The highest BCUT2D eigenvalue weighted by molar-refractivity contribution is 5.86. The summed E-state index contributed by atoms with van der Waals surface area (Å²) in [5.74, 6) is 0.342. The summed E-state index contributed by atoms with van der Waals surface area (Å²) in [6.45, 7) is 5.59. The molecular weight excluding hydrogens is 372 g/mol. The van der Waals surface area contributed by atoms with E-state index in [-0.39, 0.29) is 11.6 Å². The summed E-state index contributed by atoms with van der Waals surface area (Å²) in [6.07, 6.45) is 2.04. The quantitative estimate of drug-likeness (QED) is 0.546. The van der Waals surface area contributed by atoms with Gasteiger partial charge in [0.1, 0.15) is 5.75 Å². The predicted octanol–water partition coefficient (Wildman–Crippen LogP) is 3.24. The molecule has 4 aromatic rings. The summed E-state index contributed by atoms with van der Waals surface area (Å²) in [5, 5.41) is 18.3. The van der Waals surface area contributed by atoms with E-state index in [1.165, 1.54) is 10.6 Å². The van der Waals surface area contributed by atoms with Crippen molar-refractivity contribution in [1.82, 2.24) is 19.3 Å². The molecule has 2 N–H and O–H groups in total. The summed E-state index contributed by atoms with van der Waals surface area (Å²) in [4.78, 5) is 12.6. The SMILES string of the molecule is Cc1cn(C)c2ccc(-n3c(-c4cc5c(cc4O)OC(C)(C)O5)n[nH]c3=O)cc12. The monoisotopic (exact) mass is 392 g/mol. The summed E-state index contributed by atoms with van der Waals surface area (Å²) in [6, 6.07) is 8.88. The molecule has 1 aliphatic heterocycles. The van der Waals surface area contributed by atoms with Gasteiger partial charge in [-0.25, -0.2) is 14.5 Å². The molecule has 0 saturated carbocycles. The molecule has 0 unspecified atom stereocenters. The Labute approximate surface area is 165 Å². The number of hydrogen-bond donors (Lipinski definition) is 2. The first-order valence-corrected chi connectivity index (χ1v) is 9.22. The molecule has 8 nitrogen and oxygen atoms in total. The van der Waals surface area contributed by atoms with Gasteiger partial charge in [0, 0.05) is 44.1 Å². The first-order chi connectivity index (χ1) is 13.7. The third-order valence-electron chi connectivity index (χ3n) is 5.12. The van der Waals surface area contributed by atoms with Crippen molar-refractivity contribution >= 4 is 10.9 Å². The van der Waals surface area contributed by atoms with Crippen LogP contribution in [0.1, 0.15) is 19.4 Å². The van der Waals surface area contributed by atoms with Crippen LogP contribution in [0.3, 0.4) is 0 Å². The molecule has 148 valence electrons. The van der Waals surface area contributed by atoms with Gasteiger partial charge in [-0.2, -0.15) is 5.10 Å². The molecule has 8 heteroatoms. The number of phenolic OH excluding ortho intramolecular Hbond substituents is 1. The average molecular weight is 392 g/mol. The summed E-state index contributed by atoms with van der Waals surface area (Å²) in [5.41, 5.74) is 2.80. The van der Waals surface area contributed by atoms with Crippen LogP contribution in [0.25, 0.3) is 28.0 Å². The fourth-order valence-electron chi connectivity index (χ4n) is 3.87. The number of benzene rings is 2. The normalized spacial score (nSPS) is 14.6. The van der Waals surface area contributed by atoms with Gasteiger partial charge in [0.25, 0.3) is 0 Å². The van der Waals surface area contributed by atoms with Crippen LogP contribution < -0.4 is 15.2 Å². The summed E-state index contributed by atoms with van der Waals surface area (Å²) < 4.78 is 14.9. The van der Waals surface area contributed by atoms with Crippen LogP contribution in [0.15, 0.2) is 41.3 Å². The Morgan fingerprint density at radius 3 is 2.62 bits per heavy atom. The van der Waals surface area contributed by atoms with Crippen molar-refractivity contribution in [3.63, 3.8) is 0 Å². The Hall–Kier alpha value is -3.68. The number of aromatic nitrogens is 4. The number of nitrogens with zero attached hydrogens (tertiary/aromatic N) is 3. The number of phenols is 1. The van der Waals surface area contributed by atoms with Gasteiger partial charge in [0.2, 0.25) is 5.79 Å². The van der Waals surface area contributed by atoms with Gasteiger partial charge >= 0.3 is 5.69 Å². The van der Waals surface area contributed by atoms with Gasteiger partial charge in [-0.1, -0.05) is 0 Å². The molecule has 0 atom stereocenters. The zero-order chi connectivity index (χ0) is 20.5. The third-order valence-corrected chi connectivity index (χ3v) is 5.12. The lowest BCUT2D eigenvalue weighted by atomic mass is 10.1. The largest absolute Gasteiger partial charge is 0.507 e. The van der Waals surface area contributed by atoms with Gasteiger partial charge in [0.05, 0.1) is 11.3 Å². The van der Waals surface area contributed by atoms with E-state index in [0.717, 1.165) is 16.5 Å². The van der Waals surface area contributed by atoms with Gasteiger partial charge in [0.15, 0.2) is 17.3 Å². The van der Waals surface area contributed by atoms with Crippen LogP contribution in [-0.2, 0) is 7.05 Å². The highest BCUT2D eigenvalue weighted by Crippen LogP contribution is 2.45. The van der Waals surface area contributed by atoms with Crippen molar-refractivity contribution < 1.29 is 14.6 Å². The van der Waals surface area contributed by atoms with Gasteiger partial charge in [-0.05, 0) is 36.8 Å². The summed E-state index contributed by atoms with van der Waals surface area (Å²) in [7, 11) is 1.98. The molecule has 0 spiro atoms. The highest BCUT2D eigenvalue weighted by atomic mass is 16.7. The molecule has 0 amide bonds. The molecule has 5 rings (SSSR count). The molecule has 2 aromatic carbocycles. The van der Waals surface area contributed by atoms with Crippen LogP contribution in [0.2, 0.25) is 0 Å². The fourth-order valence-corrected chi connectivity index (χ4v) is 3.87. The minimum Gasteiger partial charge on any atom is -0.507 e. The molecule has 0 radical (unpaired) electrons. The zero-order valence-electron chi connectivity index (χ0n) is 16.5. The van der Waals surface area contributed by atoms with E-state index in [9.17, 15) is 9.90 Å². The van der Waals surface area contributed by atoms with Crippen LogP contribution in [0, 0.1) is 6.92 Å². The number of aryl methyl sites for hydroxylation is 2. The number of rotatable bonds is 2. The molecule has 0 fully saturated rings. The minimum absolute atomic E-state index is 0.0535. The van der Waals surface area contributed by atoms with E-state index in [1.807, 2.05) is 42.9 Å². The second-order valence-corrected chi connectivity index (χ2v) is 7.73. The van der Waals surface area contributed by atoms with Crippen molar-refractivity contribution in [3.8, 4) is 34.3 Å². The predicted molar refractivity (Wildman–Crippen MR) is 108 cm³/mol. The Morgan fingerprint density at radius 2 is 1.86 bits per heavy atom. The zero-order valence-corrected chi connectivity index (χ0v) is 16.5. The average Bonchev–Trinajstić information content (AvgIpc) is 3.26. The van der Waals surface area contributed by atoms with Crippen LogP contribution in [0.4, 0.5) is 0 Å². The lowest BCUT2D eigenvalue weighted by molar-refractivity contribution is -0.0431. The Balaban J connectivity index is 1.70. The van der Waals surface area contributed by atoms with E-state index < -0.39 is 11.5 Å². The maximum Gasteiger partial charge on any atom is 0.348 e. The number of H-pyrrole nitrogens is 1. The number of fused-ring (bicyclic) bond motifs is 2. The molecule has 0 saturated heterocycles. The smallest absolute Gasteiger partial charge is 0.348 e. The van der Waals surface area contributed by atoms with Gasteiger partial charge < -0.3 is 19.1 Å². The number of aromatic hydroxyl groups is 1. The van der Waals surface area contributed by atoms with Crippen LogP contribution in [-0.4, -0.2) is 30.2 Å². The molecule has 3 heterocycles. The lowest BCUT2D eigenvalue weighted by Gasteiger charge is -2.16. The first-order valence-electron chi connectivity index (χ1n) is 9.22. The van der Waals surface area contributed by atoms with Crippen molar-refractivity contribution in [2.24, 2.45) is 7.05 Å². The standard InChI is InChI=1S/C21H20N4O4/c1-11-10-24(4)15-6-5-12(7-13(11)15)25-19(22-23-20(25)27)14-8-17-18(9-16(14)26)29-21(2,3)28-17/h5-10,26H,1-4H3,(H,23,27). The van der Waals surface area contributed by atoms with Crippen molar-refractivity contribution in [2.75, 3.05) is 0 Å². The van der Waals surface area contributed by atoms with Gasteiger partial charge in [-0.3, -0.25) is 0 Å². The molecule has 1 aliphatic rings. The number of nitrogens with one attached hydrogen (secondary N) is 1.